The lowest BCUT2D eigenvalue weighted by Crippen LogP contribution is -2.19. The maximum absolute atomic E-state index is 12.2. The van der Waals surface area contributed by atoms with Crippen LogP contribution in [0.3, 0.4) is 0 Å². The van der Waals surface area contributed by atoms with Gasteiger partial charge in [0.15, 0.2) is 0 Å². The summed E-state index contributed by atoms with van der Waals surface area (Å²) in [6.45, 7) is 6.35. The van der Waals surface area contributed by atoms with E-state index in [2.05, 4.69) is 30.9 Å². The third-order valence-electron chi connectivity index (χ3n) is 3.52. The highest BCUT2D eigenvalue weighted by molar-refractivity contribution is 7.19. The predicted octanol–water partition coefficient (Wildman–Crippen LogP) is 3.68. The molecule has 0 fully saturated rings. The highest BCUT2D eigenvalue weighted by atomic mass is 35.5. The molecule has 2 aromatic heterocycles. The first kappa shape index (κ1) is 16.5. The normalized spacial score (nSPS) is 11.8. The quantitative estimate of drug-likeness (QED) is 0.393. The maximum Gasteiger partial charge on any atom is 0.372 e. The van der Waals surface area contributed by atoms with Crippen LogP contribution in [0.2, 0.25) is 5.15 Å². The fourth-order valence-electron chi connectivity index (χ4n) is 2.19. The van der Waals surface area contributed by atoms with Crippen molar-refractivity contribution in [1.29, 1.82) is 0 Å². The summed E-state index contributed by atoms with van der Waals surface area (Å²) in [6, 6.07) is 7.79. The molecule has 0 aliphatic rings. The molecule has 9 heteroatoms. The van der Waals surface area contributed by atoms with E-state index in [1.54, 1.807) is 0 Å². The lowest BCUT2D eigenvalue weighted by molar-refractivity contribution is -0.386. The number of aromatic nitrogens is 3. The van der Waals surface area contributed by atoms with E-state index < -0.39 is 21.3 Å². The molecule has 0 amide bonds. The molecule has 2 heterocycles. The summed E-state index contributed by atoms with van der Waals surface area (Å²) in [7, 11) is 0. The second kappa shape index (κ2) is 5.64. The summed E-state index contributed by atoms with van der Waals surface area (Å²) >= 11 is 6.89. The molecule has 0 radical (unpaired) electrons. The molecule has 3 aromatic rings. The Morgan fingerprint density at radius 2 is 1.88 bits per heavy atom. The maximum atomic E-state index is 12.2. The molecular weight excluding hydrogens is 352 g/mol. The topological polar surface area (TPSA) is 90.4 Å². The van der Waals surface area contributed by atoms with Crippen molar-refractivity contribution in [2.24, 2.45) is 0 Å². The van der Waals surface area contributed by atoms with Gasteiger partial charge >= 0.3 is 11.2 Å². The minimum atomic E-state index is -0.885. The zero-order valence-corrected chi connectivity index (χ0v) is 14.7. The summed E-state index contributed by atoms with van der Waals surface area (Å²) < 4.78 is 0.918. The number of fused-ring (bicyclic) bond motifs is 1. The first-order valence-electron chi connectivity index (χ1n) is 7.03. The van der Waals surface area contributed by atoms with Crippen LogP contribution < -0.4 is 5.56 Å². The largest absolute Gasteiger partial charge is 0.372 e. The van der Waals surface area contributed by atoms with Crippen molar-refractivity contribution < 1.29 is 4.92 Å². The Hall–Kier alpha value is -2.32. The van der Waals surface area contributed by atoms with Gasteiger partial charge in [-0.3, -0.25) is 14.9 Å². The molecule has 0 spiro atoms. The zero-order chi connectivity index (χ0) is 17.6. The van der Waals surface area contributed by atoms with Crippen molar-refractivity contribution in [3.8, 4) is 10.6 Å². The van der Waals surface area contributed by atoms with E-state index in [0.717, 1.165) is 21.4 Å². The van der Waals surface area contributed by atoms with Gasteiger partial charge < -0.3 is 0 Å². The molecule has 0 aliphatic heterocycles. The molecule has 3 rings (SSSR count). The third-order valence-corrected chi connectivity index (χ3v) is 4.75. The second-order valence-corrected chi connectivity index (χ2v) is 7.56. The number of rotatable bonds is 2. The van der Waals surface area contributed by atoms with Gasteiger partial charge in [0.1, 0.15) is 5.01 Å². The van der Waals surface area contributed by atoms with E-state index in [1.807, 2.05) is 24.3 Å². The summed E-state index contributed by atoms with van der Waals surface area (Å²) in [5, 5.41) is 15.2. The molecule has 0 aliphatic carbocycles. The number of nitro groups is 1. The molecule has 0 atom stereocenters. The minimum absolute atomic E-state index is 0.0265. The van der Waals surface area contributed by atoms with E-state index >= 15 is 0 Å². The van der Waals surface area contributed by atoms with Crippen LogP contribution in [0, 0.1) is 10.1 Å². The van der Waals surface area contributed by atoms with Crippen LogP contribution in [-0.4, -0.2) is 19.5 Å². The molecule has 0 saturated carbocycles. The van der Waals surface area contributed by atoms with Gasteiger partial charge in [-0.05, 0) is 11.0 Å². The van der Waals surface area contributed by atoms with Crippen LogP contribution in [0.5, 0.6) is 0 Å². The van der Waals surface area contributed by atoms with E-state index in [9.17, 15) is 14.9 Å². The Morgan fingerprint density at radius 1 is 1.25 bits per heavy atom. The number of benzene rings is 1. The monoisotopic (exact) mass is 364 g/mol. The average molecular weight is 365 g/mol. The fraction of sp³-hybridized carbons (Fsp3) is 0.267. The van der Waals surface area contributed by atoms with Crippen molar-refractivity contribution >= 4 is 33.6 Å². The van der Waals surface area contributed by atoms with Gasteiger partial charge in [0.2, 0.25) is 10.1 Å². The molecule has 0 unspecified atom stereocenters. The average Bonchev–Trinajstić information content (AvgIpc) is 2.90. The van der Waals surface area contributed by atoms with Crippen LogP contribution in [0.15, 0.2) is 29.1 Å². The van der Waals surface area contributed by atoms with E-state index in [1.165, 1.54) is 5.56 Å². The number of nitrogens with zero attached hydrogens (tertiary/aromatic N) is 4. The Labute approximate surface area is 145 Å². The molecule has 24 heavy (non-hydrogen) atoms. The number of hydrogen-bond donors (Lipinski definition) is 0. The Balaban J connectivity index is 2.13. The first-order valence-corrected chi connectivity index (χ1v) is 8.22. The Kier molecular flexibility index (Phi) is 3.89. The van der Waals surface area contributed by atoms with Crippen LogP contribution >= 0.6 is 22.9 Å². The van der Waals surface area contributed by atoms with Crippen molar-refractivity contribution in [3.63, 3.8) is 0 Å². The molecule has 0 N–H and O–H groups in total. The van der Waals surface area contributed by atoms with Crippen LogP contribution in [0.4, 0.5) is 5.69 Å². The van der Waals surface area contributed by atoms with E-state index in [0.29, 0.717) is 5.01 Å². The molecule has 124 valence electrons. The fourth-order valence-corrected chi connectivity index (χ4v) is 3.37. The molecule has 0 bridgehead atoms. The standard InChI is InChI=1S/C15H13ClN4O3S/c1-15(2,3)9-6-4-8(5-7-9)12-18-19-13(21)10(20(22)23)11(16)17-14(19)24-12/h4-7H,1-3H3. The predicted molar refractivity (Wildman–Crippen MR) is 92.9 cm³/mol. The van der Waals surface area contributed by atoms with E-state index in [-0.39, 0.29) is 10.4 Å². The first-order chi connectivity index (χ1) is 11.2. The van der Waals surface area contributed by atoms with Crippen molar-refractivity contribution in [3.05, 3.63) is 55.5 Å². The molecule has 0 saturated heterocycles. The number of hydrogen-bond acceptors (Lipinski definition) is 6. The van der Waals surface area contributed by atoms with Crippen molar-refractivity contribution in [2.75, 3.05) is 0 Å². The Bertz CT molecular complexity index is 1000. The second-order valence-electron chi connectivity index (χ2n) is 6.24. The zero-order valence-electron chi connectivity index (χ0n) is 13.1. The van der Waals surface area contributed by atoms with Crippen LogP contribution in [0.1, 0.15) is 26.3 Å². The SMILES string of the molecule is CC(C)(C)c1ccc(-c2nn3c(=O)c([N+](=O)[O-])c(Cl)nc3s2)cc1. The number of halogens is 1. The summed E-state index contributed by atoms with van der Waals surface area (Å²) in [4.78, 5) is 26.4. The molecule has 1 aromatic carbocycles. The van der Waals surface area contributed by atoms with Gasteiger partial charge in [-0.2, -0.15) is 14.6 Å². The smallest absolute Gasteiger partial charge is 0.259 e. The van der Waals surface area contributed by atoms with Crippen molar-refractivity contribution in [1.82, 2.24) is 14.6 Å². The lowest BCUT2D eigenvalue weighted by atomic mass is 9.87. The van der Waals surface area contributed by atoms with E-state index in [4.69, 9.17) is 11.6 Å². The molecular formula is C15H13ClN4O3S. The van der Waals surface area contributed by atoms with Gasteiger partial charge in [-0.1, -0.05) is 68.0 Å². The summed E-state index contributed by atoms with van der Waals surface area (Å²) in [5.74, 6) is 0. The highest BCUT2D eigenvalue weighted by Gasteiger charge is 2.24. The van der Waals surface area contributed by atoms with Crippen molar-refractivity contribution in [2.45, 2.75) is 26.2 Å². The van der Waals surface area contributed by atoms with Gasteiger partial charge in [0, 0.05) is 5.56 Å². The van der Waals surface area contributed by atoms with Gasteiger partial charge in [0.25, 0.3) is 0 Å². The highest BCUT2D eigenvalue weighted by Crippen LogP contribution is 2.29. The minimum Gasteiger partial charge on any atom is -0.259 e. The van der Waals surface area contributed by atoms with Gasteiger partial charge in [-0.15, -0.1) is 0 Å². The lowest BCUT2D eigenvalue weighted by Gasteiger charge is -2.18. The van der Waals surface area contributed by atoms with Gasteiger partial charge in [-0.25, -0.2) is 0 Å². The van der Waals surface area contributed by atoms with Crippen LogP contribution in [0.25, 0.3) is 15.5 Å². The summed E-state index contributed by atoms with van der Waals surface area (Å²) in [6.07, 6.45) is 0. The molecule has 7 nitrogen and oxygen atoms in total. The summed E-state index contributed by atoms with van der Waals surface area (Å²) in [5.41, 5.74) is 0.342. The Morgan fingerprint density at radius 3 is 2.42 bits per heavy atom. The van der Waals surface area contributed by atoms with Crippen LogP contribution in [-0.2, 0) is 5.41 Å². The van der Waals surface area contributed by atoms with Gasteiger partial charge in [0.05, 0.1) is 4.92 Å². The third kappa shape index (κ3) is 2.78.